The smallest absolute Gasteiger partial charge is 0.315 e. The number of benzene rings is 1. The van der Waals surface area contributed by atoms with Crippen LogP contribution < -0.4 is 5.32 Å². The van der Waals surface area contributed by atoms with Crippen molar-refractivity contribution >= 4 is 28.7 Å². The number of likely N-dealkylation sites (tertiary alicyclic amines) is 1. The van der Waals surface area contributed by atoms with Crippen molar-refractivity contribution in [2.24, 2.45) is 0 Å². The second-order valence-electron chi connectivity index (χ2n) is 6.15. The number of rotatable bonds is 4. The Morgan fingerprint density at radius 2 is 1.96 bits per heavy atom. The molecule has 1 saturated heterocycles. The van der Waals surface area contributed by atoms with Gasteiger partial charge in [0.25, 0.3) is 5.91 Å². The summed E-state index contributed by atoms with van der Waals surface area (Å²) in [5.41, 5.74) is 1.46. The van der Waals surface area contributed by atoms with Gasteiger partial charge in [-0.3, -0.25) is 14.4 Å². The molecule has 2 amide bonds. The molecule has 2 heterocycles. The molecule has 25 heavy (non-hydrogen) atoms. The summed E-state index contributed by atoms with van der Waals surface area (Å²) in [4.78, 5) is 40.3. The monoisotopic (exact) mass is 343 g/mol. The first-order chi connectivity index (χ1) is 12.1. The maximum Gasteiger partial charge on any atom is 0.315 e. The highest BCUT2D eigenvalue weighted by molar-refractivity contribution is 5.98. The van der Waals surface area contributed by atoms with Crippen molar-refractivity contribution in [1.29, 1.82) is 0 Å². The Morgan fingerprint density at radius 1 is 1.24 bits per heavy atom. The summed E-state index contributed by atoms with van der Waals surface area (Å²) >= 11 is 0. The van der Waals surface area contributed by atoms with E-state index in [1.165, 1.54) is 7.11 Å². The number of para-hydroxylation sites is 1. The number of fused-ring (bicyclic) bond motifs is 1. The number of hydrogen-bond donors (Lipinski definition) is 2. The number of aromatic amines is 1. The Bertz CT molecular complexity index is 757. The Labute approximate surface area is 145 Å². The van der Waals surface area contributed by atoms with Gasteiger partial charge in [0.1, 0.15) is 12.1 Å². The molecule has 0 spiro atoms. The van der Waals surface area contributed by atoms with Crippen LogP contribution in [0.2, 0.25) is 0 Å². The number of esters is 1. The van der Waals surface area contributed by atoms with Gasteiger partial charge in [-0.15, -0.1) is 0 Å². The highest BCUT2D eigenvalue weighted by Crippen LogP contribution is 2.16. The maximum absolute atomic E-state index is 12.4. The second-order valence-corrected chi connectivity index (χ2v) is 6.15. The minimum absolute atomic E-state index is 0.0149. The summed E-state index contributed by atoms with van der Waals surface area (Å²) in [5, 5.41) is 4.00. The topological polar surface area (TPSA) is 91.5 Å². The number of hydrogen-bond acceptors (Lipinski definition) is 4. The Morgan fingerprint density at radius 3 is 2.64 bits per heavy atom. The molecule has 0 unspecified atom stereocenters. The largest absolute Gasteiger partial charge is 0.469 e. The van der Waals surface area contributed by atoms with Gasteiger partial charge in [0.15, 0.2) is 0 Å². The van der Waals surface area contributed by atoms with Gasteiger partial charge < -0.3 is 19.9 Å². The number of carbonyl (C=O) groups is 3. The van der Waals surface area contributed by atoms with Gasteiger partial charge in [-0.25, -0.2) is 0 Å². The zero-order valence-corrected chi connectivity index (χ0v) is 14.1. The lowest BCUT2D eigenvalue weighted by Crippen LogP contribution is -2.47. The molecule has 7 heteroatoms. The lowest BCUT2D eigenvalue weighted by Gasteiger charge is -2.32. The molecule has 2 aromatic rings. The average Bonchev–Trinajstić information content (AvgIpc) is 3.06. The quantitative estimate of drug-likeness (QED) is 0.649. The fraction of sp³-hybridized carbons (Fsp3) is 0.389. The van der Waals surface area contributed by atoms with Crippen molar-refractivity contribution < 1.29 is 19.1 Å². The van der Waals surface area contributed by atoms with Gasteiger partial charge >= 0.3 is 5.97 Å². The molecule has 0 saturated carbocycles. The number of piperidine rings is 1. The molecule has 3 rings (SSSR count). The number of methoxy groups -OCH3 is 1. The van der Waals surface area contributed by atoms with Crippen LogP contribution in [0.4, 0.5) is 0 Å². The van der Waals surface area contributed by atoms with Crippen molar-refractivity contribution in [1.82, 2.24) is 15.2 Å². The zero-order chi connectivity index (χ0) is 17.8. The van der Waals surface area contributed by atoms with E-state index in [1.54, 1.807) is 4.90 Å². The molecule has 7 nitrogen and oxygen atoms in total. The van der Waals surface area contributed by atoms with E-state index in [0.717, 1.165) is 10.9 Å². The van der Waals surface area contributed by atoms with E-state index in [0.29, 0.717) is 31.6 Å². The molecule has 1 aromatic carbocycles. The van der Waals surface area contributed by atoms with Crippen LogP contribution >= 0.6 is 0 Å². The summed E-state index contributed by atoms with van der Waals surface area (Å²) < 4.78 is 4.51. The summed E-state index contributed by atoms with van der Waals surface area (Å²) in [6, 6.07) is 9.58. The Hall–Kier alpha value is -2.83. The molecule has 132 valence electrons. The van der Waals surface area contributed by atoms with Gasteiger partial charge in [-0.1, -0.05) is 18.2 Å². The van der Waals surface area contributed by atoms with Gasteiger partial charge in [-0.2, -0.15) is 0 Å². The average molecular weight is 343 g/mol. The van der Waals surface area contributed by atoms with Crippen molar-refractivity contribution in [3.63, 3.8) is 0 Å². The van der Waals surface area contributed by atoms with E-state index in [2.05, 4.69) is 15.0 Å². The van der Waals surface area contributed by atoms with Gasteiger partial charge in [-0.05, 0) is 25.0 Å². The third-order valence-corrected chi connectivity index (χ3v) is 4.48. The molecule has 1 aromatic heterocycles. The zero-order valence-electron chi connectivity index (χ0n) is 14.1. The standard InChI is InChI=1S/C18H21N3O4/c1-25-17(23)11-16(22)21-8-6-13(7-9-21)19-18(24)15-10-12-4-2-3-5-14(12)20-15/h2-5,10,13,20H,6-9,11H2,1H3,(H,19,24). The number of H-pyrrole nitrogens is 1. The first kappa shape index (κ1) is 17.0. The minimum atomic E-state index is -0.528. The molecule has 2 N–H and O–H groups in total. The van der Waals surface area contributed by atoms with E-state index in [9.17, 15) is 14.4 Å². The molecule has 1 aliphatic heterocycles. The molecule has 0 aliphatic carbocycles. The Balaban J connectivity index is 1.52. The van der Waals surface area contributed by atoms with E-state index in [-0.39, 0.29) is 24.3 Å². The van der Waals surface area contributed by atoms with Crippen molar-refractivity contribution in [2.45, 2.75) is 25.3 Å². The molecule has 0 atom stereocenters. The highest BCUT2D eigenvalue weighted by Gasteiger charge is 2.25. The van der Waals surface area contributed by atoms with E-state index in [1.807, 2.05) is 30.3 Å². The summed E-state index contributed by atoms with van der Waals surface area (Å²) in [6.45, 7) is 1.04. The second kappa shape index (κ2) is 7.38. The fourth-order valence-electron chi connectivity index (χ4n) is 3.04. The first-order valence-electron chi connectivity index (χ1n) is 8.30. The van der Waals surface area contributed by atoms with Crippen LogP contribution in [0.5, 0.6) is 0 Å². The van der Waals surface area contributed by atoms with Crippen LogP contribution in [0, 0.1) is 0 Å². The van der Waals surface area contributed by atoms with Crippen molar-refractivity contribution in [2.75, 3.05) is 20.2 Å². The van der Waals surface area contributed by atoms with Crippen LogP contribution in [0.25, 0.3) is 10.9 Å². The van der Waals surface area contributed by atoms with Gasteiger partial charge in [0.05, 0.1) is 7.11 Å². The van der Waals surface area contributed by atoms with Crippen molar-refractivity contribution in [3.8, 4) is 0 Å². The normalized spacial score (nSPS) is 15.2. The lowest BCUT2D eigenvalue weighted by molar-refractivity contribution is -0.147. The van der Waals surface area contributed by atoms with E-state index >= 15 is 0 Å². The van der Waals surface area contributed by atoms with E-state index < -0.39 is 5.97 Å². The number of ether oxygens (including phenoxy) is 1. The summed E-state index contributed by atoms with van der Waals surface area (Å²) in [5.74, 6) is -0.901. The molecule has 1 fully saturated rings. The summed E-state index contributed by atoms with van der Waals surface area (Å²) in [6.07, 6.45) is 1.10. The highest BCUT2D eigenvalue weighted by atomic mass is 16.5. The molecule has 1 aliphatic rings. The maximum atomic E-state index is 12.4. The molecule has 0 bridgehead atoms. The first-order valence-corrected chi connectivity index (χ1v) is 8.30. The van der Waals surface area contributed by atoms with Crippen LogP contribution in [0.3, 0.4) is 0 Å². The number of amides is 2. The molecular formula is C18H21N3O4. The third-order valence-electron chi connectivity index (χ3n) is 4.48. The van der Waals surface area contributed by atoms with Crippen LogP contribution in [-0.4, -0.2) is 53.9 Å². The van der Waals surface area contributed by atoms with Crippen LogP contribution in [0.15, 0.2) is 30.3 Å². The predicted octanol–water partition coefficient (Wildman–Crippen LogP) is 1.45. The van der Waals surface area contributed by atoms with Crippen LogP contribution in [-0.2, 0) is 14.3 Å². The van der Waals surface area contributed by atoms with Gasteiger partial charge in [0, 0.05) is 30.0 Å². The number of aromatic nitrogens is 1. The fourth-order valence-corrected chi connectivity index (χ4v) is 3.04. The van der Waals surface area contributed by atoms with Gasteiger partial charge in [0.2, 0.25) is 5.91 Å². The lowest BCUT2D eigenvalue weighted by atomic mass is 10.0. The third kappa shape index (κ3) is 3.99. The summed E-state index contributed by atoms with van der Waals surface area (Å²) in [7, 11) is 1.27. The molecule has 0 radical (unpaired) electrons. The minimum Gasteiger partial charge on any atom is -0.469 e. The number of nitrogens with zero attached hydrogens (tertiary/aromatic N) is 1. The Kier molecular flexibility index (Phi) is 5.02. The SMILES string of the molecule is COC(=O)CC(=O)N1CCC(NC(=O)c2cc3ccccc3[nH]2)CC1. The molecular weight excluding hydrogens is 322 g/mol. The predicted molar refractivity (Wildman–Crippen MR) is 92.0 cm³/mol. The number of carbonyl (C=O) groups excluding carboxylic acids is 3. The van der Waals surface area contributed by atoms with Crippen molar-refractivity contribution in [3.05, 3.63) is 36.0 Å². The number of nitrogens with one attached hydrogen (secondary N) is 2. The van der Waals surface area contributed by atoms with E-state index in [4.69, 9.17) is 0 Å². The van der Waals surface area contributed by atoms with Crippen LogP contribution in [0.1, 0.15) is 29.8 Å².